The number of carbonyl (C=O) groups excluding carboxylic acids is 1. The van der Waals surface area contributed by atoms with E-state index in [0.717, 1.165) is 0 Å². The fourth-order valence-corrected chi connectivity index (χ4v) is 2.27. The third-order valence-electron chi connectivity index (χ3n) is 3.31. The van der Waals surface area contributed by atoms with Crippen LogP contribution in [-0.4, -0.2) is 48.7 Å². The van der Waals surface area contributed by atoms with Gasteiger partial charge < -0.3 is 20.3 Å². The molecule has 1 aliphatic rings. The van der Waals surface area contributed by atoms with Crippen molar-refractivity contribution in [3.8, 4) is 0 Å². The fraction of sp³-hybridized carbons (Fsp3) is 0.462. The second-order valence-corrected chi connectivity index (χ2v) is 4.71. The highest BCUT2D eigenvalue weighted by Gasteiger charge is 2.23. The SMILES string of the molecule is CCOC(=O)N1CCN(c2cc(N)cc([N+](=O)[O-])c2)CC1. The van der Waals surface area contributed by atoms with Gasteiger partial charge in [-0.25, -0.2) is 4.79 Å². The van der Waals surface area contributed by atoms with Crippen molar-refractivity contribution in [2.24, 2.45) is 0 Å². The summed E-state index contributed by atoms with van der Waals surface area (Å²) in [5.74, 6) is 0. The molecule has 0 aromatic heterocycles. The zero-order valence-corrected chi connectivity index (χ0v) is 11.8. The van der Waals surface area contributed by atoms with Gasteiger partial charge in [0, 0.05) is 49.7 Å². The summed E-state index contributed by atoms with van der Waals surface area (Å²) in [5.41, 5.74) is 6.73. The van der Waals surface area contributed by atoms with E-state index < -0.39 is 4.92 Å². The molecule has 1 amide bonds. The molecule has 8 nitrogen and oxygen atoms in total. The van der Waals surface area contributed by atoms with E-state index in [9.17, 15) is 14.9 Å². The lowest BCUT2D eigenvalue weighted by molar-refractivity contribution is -0.384. The number of non-ortho nitro benzene ring substituents is 1. The Morgan fingerprint density at radius 2 is 2.00 bits per heavy atom. The lowest BCUT2D eigenvalue weighted by Crippen LogP contribution is -2.49. The number of nitrogen functional groups attached to an aromatic ring is 1. The molecule has 1 saturated heterocycles. The van der Waals surface area contributed by atoms with Crippen molar-refractivity contribution in [1.29, 1.82) is 0 Å². The standard InChI is InChI=1S/C13H18N4O4/c1-2-21-13(18)16-5-3-15(4-6-16)11-7-10(14)8-12(9-11)17(19)20/h7-9H,2-6,14H2,1H3. The monoisotopic (exact) mass is 294 g/mol. The summed E-state index contributed by atoms with van der Waals surface area (Å²) < 4.78 is 4.95. The van der Waals surface area contributed by atoms with Gasteiger partial charge in [-0.15, -0.1) is 0 Å². The average molecular weight is 294 g/mol. The molecular weight excluding hydrogens is 276 g/mol. The summed E-state index contributed by atoms with van der Waals surface area (Å²) in [4.78, 5) is 25.6. The summed E-state index contributed by atoms with van der Waals surface area (Å²) in [6.07, 6.45) is -0.323. The third kappa shape index (κ3) is 3.53. The zero-order valence-electron chi connectivity index (χ0n) is 11.8. The highest BCUT2D eigenvalue weighted by atomic mass is 16.6. The van der Waals surface area contributed by atoms with Crippen molar-refractivity contribution >= 4 is 23.2 Å². The average Bonchev–Trinajstić information content (AvgIpc) is 2.47. The molecule has 2 rings (SSSR count). The number of nitrogens with two attached hydrogens (primary N) is 1. The molecule has 0 radical (unpaired) electrons. The van der Waals surface area contributed by atoms with Gasteiger partial charge in [0.2, 0.25) is 0 Å². The Labute approximate surface area is 122 Å². The summed E-state index contributed by atoms with van der Waals surface area (Å²) in [6, 6.07) is 4.53. The molecule has 1 aromatic carbocycles. The molecule has 114 valence electrons. The van der Waals surface area contributed by atoms with Crippen LogP contribution in [0, 0.1) is 10.1 Å². The zero-order chi connectivity index (χ0) is 15.4. The molecule has 1 aliphatic heterocycles. The predicted molar refractivity (Wildman–Crippen MR) is 78.3 cm³/mol. The molecule has 1 fully saturated rings. The lowest BCUT2D eigenvalue weighted by Gasteiger charge is -2.35. The first kappa shape index (κ1) is 14.9. The molecule has 21 heavy (non-hydrogen) atoms. The van der Waals surface area contributed by atoms with Gasteiger partial charge in [0.1, 0.15) is 0 Å². The van der Waals surface area contributed by atoms with Crippen molar-refractivity contribution in [2.75, 3.05) is 43.4 Å². The van der Waals surface area contributed by atoms with E-state index >= 15 is 0 Å². The Morgan fingerprint density at radius 1 is 1.33 bits per heavy atom. The molecule has 1 aromatic rings. The van der Waals surface area contributed by atoms with Crippen LogP contribution >= 0.6 is 0 Å². The van der Waals surface area contributed by atoms with Crippen LogP contribution in [0.25, 0.3) is 0 Å². The van der Waals surface area contributed by atoms with Crippen LogP contribution in [-0.2, 0) is 4.74 Å². The minimum atomic E-state index is -0.464. The first-order valence-corrected chi connectivity index (χ1v) is 6.73. The summed E-state index contributed by atoms with van der Waals surface area (Å²) >= 11 is 0. The normalized spacial score (nSPS) is 14.9. The second-order valence-electron chi connectivity index (χ2n) is 4.71. The highest BCUT2D eigenvalue weighted by Crippen LogP contribution is 2.26. The van der Waals surface area contributed by atoms with Crippen molar-refractivity contribution in [2.45, 2.75) is 6.92 Å². The van der Waals surface area contributed by atoms with Crippen molar-refractivity contribution in [3.05, 3.63) is 28.3 Å². The minimum absolute atomic E-state index is 0.0298. The number of ether oxygens (including phenoxy) is 1. The van der Waals surface area contributed by atoms with Gasteiger partial charge in [0.25, 0.3) is 5.69 Å². The summed E-state index contributed by atoms with van der Waals surface area (Å²) in [6.45, 7) is 4.31. The number of nitro benzene ring substituents is 1. The molecule has 2 N–H and O–H groups in total. The number of carbonyl (C=O) groups is 1. The fourth-order valence-electron chi connectivity index (χ4n) is 2.27. The van der Waals surface area contributed by atoms with Gasteiger partial charge in [-0.2, -0.15) is 0 Å². The molecule has 0 spiro atoms. The maximum absolute atomic E-state index is 11.6. The number of piperazine rings is 1. The molecule has 0 aliphatic carbocycles. The molecule has 0 bridgehead atoms. The number of nitrogens with zero attached hydrogens (tertiary/aromatic N) is 3. The Hall–Kier alpha value is -2.51. The highest BCUT2D eigenvalue weighted by molar-refractivity contribution is 5.68. The van der Waals surface area contributed by atoms with Crippen LogP contribution in [0.5, 0.6) is 0 Å². The van der Waals surface area contributed by atoms with Crippen LogP contribution in [0.3, 0.4) is 0 Å². The largest absolute Gasteiger partial charge is 0.450 e. The van der Waals surface area contributed by atoms with Crippen LogP contribution in [0.1, 0.15) is 6.92 Å². The van der Waals surface area contributed by atoms with Gasteiger partial charge >= 0.3 is 6.09 Å². The topological polar surface area (TPSA) is 102 Å². The number of anilines is 2. The molecule has 8 heteroatoms. The molecule has 0 atom stereocenters. The third-order valence-corrected chi connectivity index (χ3v) is 3.31. The van der Waals surface area contributed by atoms with Crippen LogP contribution in [0.4, 0.5) is 21.9 Å². The summed E-state index contributed by atoms with van der Waals surface area (Å²) in [7, 11) is 0. The maximum atomic E-state index is 11.6. The van der Waals surface area contributed by atoms with Gasteiger partial charge in [0.15, 0.2) is 0 Å². The van der Waals surface area contributed by atoms with Gasteiger partial charge in [-0.3, -0.25) is 10.1 Å². The van der Waals surface area contributed by atoms with E-state index in [0.29, 0.717) is 44.2 Å². The minimum Gasteiger partial charge on any atom is -0.450 e. The molecular formula is C13H18N4O4. The number of hydrogen-bond donors (Lipinski definition) is 1. The number of amides is 1. The maximum Gasteiger partial charge on any atom is 0.409 e. The Morgan fingerprint density at radius 3 is 2.57 bits per heavy atom. The van der Waals surface area contributed by atoms with E-state index in [1.54, 1.807) is 17.9 Å². The quantitative estimate of drug-likeness (QED) is 0.514. The number of benzene rings is 1. The molecule has 0 unspecified atom stereocenters. The van der Waals surface area contributed by atoms with E-state index in [-0.39, 0.29) is 11.8 Å². The number of nitro groups is 1. The van der Waals surface area contributed by atoms with Gasteiger partial charge in [-0.05, 0) is 13.0 Å². The Balaban J connectivity index is 2.05. The van der Waals surface area contributed by atoms with Crippen molar-refractivity contribution in [1.82, 2.24) is 4.90 Å². The van der Waals surface area contributed by atoms with E-state index in [4.69, 9.17) is 10.5 Å². The number of rotatable bonds is 3. The van der Waals surface area contributed by atoms with E-state index in [2.05, 4.69) is 0 Å². The van der Waals surface area contributed by atoms with Gasteiger partial charge in [-0.1, -0.05) is 0 Å². The second kappa shape index (κ2) is 6.29. The summed E-state index contributed by atoms with van der Waals surface area (Å²) in [5, 5.41) is 10.9. The molecule has 0 saturated carbocycles. The smallest absolute Gasteiger partial charge is 0.409 e. The number of hydrogen-bond acceptors (Lipinski definition) is 6. The van der Waals surface area contributed by atoms with Crippen molar-refractivity contribution in [3.63, 3.8) is 0 Å². The van der Waals surface area contributed by atoms with Gasteiger partial charge in [0.05, 0.1) is 11.5 Å². The van der Waals surface area contributed by atoms with Crippen LogP contribution < -0.4 is 10.6 Å². The Bertz CT molecular complexity index is 541. The van der Waals surface area contributed by atoms with Crippen LogP contribution in [0.15, 0.2) is 18.2 Å². The Kier molecular flexibility index (Phi) is 4.46. The van der Waals surface area contributed by atoms with Crippen LogP contribution in [0.2, 0.25) is 0 Å². The first-order chi connectivity index (χ1) is 10.0. The van der Waals surface area contributed by atoms with E-state index in [1.165, 1.54) is 12.1 Å². The predicted octanol–water partition coefficient (Wildman–Crippen LogP) is 1.46. The lowest BCUT2D eigenvalue weighted by atomic mass is 10.2. The van der Waals surface area contributed by atoms with Crippen molar-refractivity contribution < 1.29 is 14.5 Å². The first-order valence-electron chi connectivity index (χ1n) is 6.73. The van der Waals surface area contributed by atoms with E-state index in [1.807, 2.05) is 4.90 Å². The molecule has 1 heterocycles.